The van der Waals surface area contributed by atoms with Crippen LogP contribution in [-0.4, -0.2) is 62.5 Å². The summed E-state index contributed by atoms with van der Waals surface area (Å²) in [6.07, 6.45) is 4.98. The van der Waals surface area contributed by atoms with Crippen LogP contribution in [0.4, 0.5) is 4.39 Å². The van der Waals surface area contributed by atoms with E-state index in [0.717, 1.165) is 43.6 Å². The molecule has 0 bridgehead atoms. The van der Waals surface area contributed by atoms with E-state index in [1.807, 2.05) is 12.1 Å². The fourth-order valence-corrected chi connectivity index (χ4v) is 3.16. The van der Waals surface area contributed by atoms with E-state index in [1.54, 1.807) is 0 Å². The minimum absolute atomic E-state index is 0.200. The van der Waals surface area contributed by atoms with E-state index in [9.17, 15) is 4.39 Å². The van der Waals surface area contributed by atoms with E-state index in [1.165, 1.54) is 29.4 Å². The molecule has 2 heterocycles. The molecular formula is C19H22FN3O5S. The zero-order chi connectivity index (χ0) is 21.2. The summed E-state index contributed by atoms with van der Waals surface area (Å²) >= 11 is 1.19. The van der Waals surface area contributed by atoms with Crippen LogP contribution in [0, 0.1) is 5.82 Å². The second-order valence-corrected chi connectivity index (χ2v) is 6.89. The highest BCUT2D eigenvalue weighted by atomic mass is 32.1. The lowest BCUT2D eigenvalue weighted by molar-refractivity contribution is -0.159. The summed E-state index contributed by atoms with van der Waals surface area (Å²) in [5.41, 5.74) is 3.19. The van der Waals surface area contributed by atoms with Crippen LogP contribution < -0.4 is 4.74 Å². The van der Waals surface area contributed by atoms with E-state index in [4.69, 9.17) is 24.5 Å². The second-order valence-electron chi connectivity index (χ2n) is 6.36. The fourth-order valence-electron chi connectivity index (χ4n) is 2.63. The minimum Gasteiger partial charge on any atom is -0.475 e. The highest BCUT2D eigenvalue weighted by molar-refractivity contribution is 6.99. The highest BCUT2D eigenvalue weighted by Crippen LogP contribution is 2.27. The first kappa shape index (κ1) is 22.4. The number of rotatable bonds is 6. The third-order valence-corrected chi connectivity index (χ3v) is 4.56. The van der Waals surface area contributed by atoms with E-state index in [0.29, 0.717) is 12.5 Å². The molecule has 0 aliphatic carbocycles. The Bertz CT molecular complexity index is 842. The van der Waals surface area contributed by atoms with Gasteiger partial charge in [0.15, 0.2) is 0 Å². The van der Waals surface area contributed by atoms with Crippen molar-refractivity contribution in [1.82, 2.24) is 13.6 Å². The van der Waals surface area contributed by atoms with Crippen LogP contribution in [-0.2, 0) is 16.0 Å². The largest absolute Gasteiger partial charge is 0.475 e. The van der Waals surface area contributed by atoms with Gasteiger partial charge in [-0.1, -0.05) is 18.2 Å². The first-order valence-electron chi connectivity index (χ1n) is 8.90. The molecule has 0 amide bonds. The van der Waals surface area contributed by atoms with Crippen molar-refractivity contribution in [3.05, 3.63) is 47.4 Å². The molecule has 1 aliphatic heterocycles. The van der Waals surface area contributed by atoms with Crippen LogP contribution in [0.3, 0.4) is 0 Å². The molecule has 1 aromatic heterocycles. The van der Waals surface area contributed by atoms with E-state index in [2.05, 4.69) is 26.8 Å². The maximum absolute atomic E-state index is 12.9. The van der Waals surface area contributed by atoms with Gasteiger partial charge in [-0.2, -0.15) is 4.37 Å². The fraction of sp³-hybridized carbons (Fsp3) is 0.368. The van der Waals surface area contributed by atoms with Crippen LogP contribution in [0.15, 0.2) is 30.3 Å². The maximum Gasteiger partial charge on any atom is 0.414 e. The number of aromatic nitrogens is 2. The number of aryl methyl sites for hydroxylation is 1. The van der Waals surface area contributed by atoms with Gasteiger partial charge in [0.05, 0.1) is 18.3 Å². The van der Waals surface area contributed by atoms with Gasteiger partial charge in [0.25, 0.3) is 5.88 Å². The predicted octanol–water partition coefficient (Wildman–Crippen LogP) is 2.56. The number of nitrogens with zero attached hydrogens (tertiary/aromatic N) is 3. The third kappa shape index (κ3) is 7.59. The van der Waals surface area contributed by atoms with Crippen molar-refractivity contribution in [1.29, 1.82) is 0 Å². The number of hydrogen-bond donors (Lipinski definition) is 2. The summed E-state index contributed by atoms with van der Waals surface area (Å²) in [4.78, 5) is 20.5. The van der Waals surface area contributed by atoms with Gasteiger partial charge in [0.2, 0.25) is 0 Å². The lowest BCUT2D eigenvalue weighted by Gasteiger charge is -2.22. The number of benzene rings is 1. The molecule has 1 aliphatic rings. The van der Waals surface area contributed by atoms with Gasteiger partial charge in [-0.25, -0.2) is 14.0 Å². The van der Waals surface area contributed by atoms with Gasteiger partial charge < -0.3 is 19.8 Å². The molecule has 10 heteroatoms. The summed E-state index contributed by atoms with van der Waals surface area (Å²) in [5.74, 6) is -3.21. The molecule has 0 saturated heterocycles. The molecule has 0 atom stereocenters. The minimum atomic E-state index is -1.82. The monoisotopic (exact) mass is 423 g/mol. The van der Waals surface area contributed by atoms with Crippen molar-refractivity contribution >= 4 is 29.2 Å². The highest BCUT2D eigenvalue weighted by Gasteiger charge is 2.18. The van der Waals surface area contributed by atoms with Gasteiger partial charge >= 0.3 is 11.9 Å². The SMILES string of the molecule is CN1CCC=C(c2nsnc2OCCCc2ccc(F)cc2)C1.O=C(O)C(=O)O. The zero-order valence-electron chi connectivity index (χ0n) is 15.9. The van der Waals surface area contributed by atoms with Gasteiger partial charge in [-0.15, -0.1) is 4.37 Å². The van der Waals surface area contributed by atoms with Crippen molar-refractivity contribution in [2.24, 2.45) is 0 Å². The van der Waals surface area contributed by atoms with Crippen molar-refractivity contribution in [2.45, 2.75) is 19.3 Å². The van der Waals surface area contributed by atoms with Gasteiger partial charge in [-0.05, 0) is 49.6 Å². The summed E-state index contributed by atoms with van der Waals surface area (Å²) in [5, 5.41) is 14.8. The molecule has 29 heavy (non-hydrogen) atoms. The van der Waals surface area contributed by atoms with Crippen LogP contribution in [0.5, 0.6) is 5.88 Å². The number of carboxylic acid groups (broad SMARTS) is 2. The number of hydrogen-bond acceptors (Lipinski definition) is 7. The number of ether oxygens (including phenoxy) is 1. The molecule has 0 unspecified atom stereocenters. The smallest absolute Gasteiger partial charge is 0.414 e. The molecule has 2 N–H and O–H groups in total. The number of carboxylic acids is 2. The van der Waals surface area contributed by atoms with Gasteiger partial charge in [0.1, 0.15) is 11.5 Å². The average molecular weight is 423 g/mol. The van der Waals surface area contributed by atoms with Crippen molar-refractivity contribution in [3.8, 4) is 5.88 Å². The Morgan fingerprint density at radius 3 is 2.52 bits per heavy atom. The first-order valence-corrected chi connectivity index (χ1v) is 9.63. The normalized spacial score (nSPS) is 13.8. The van der Waals surface area contributed by atoms with Crippen molar-refractivity contribution < 1.29 is 28.9 Å². The van der Waals surface area contributed by atoms with Gasteiger partial charge in [-0.3, -0.25) is 0 Å². The molecule has 0 fully saturated rings. The third-order valence-electron chi connectivity index (χ3n) is 4.05. The van der Waals surface area contributed by atoms with Crippen LogP contribution in [0.25, 0.3) is 5.57 Å². The quantitative estimate of drug-likeness (QED) is 0.538. The van der Waals surface area contributed by atoms with Crippen molar-refractivity contribution in [2.75, 3.05) is 26.7 Å². The molecule has 2 aromatic rings. The van der Waals surface area contributed by atoms with E-state index in [-0.39, 0.29) is 5.82 Å². The maximum atomic E-state index is 12.9. The second kappa shape index (κ2) is 11.2. The van der Waals surface area contributed by atoms with E-state index < -0.39 is 11.9 Å². The molecule has 156 valence electrons. The summed E-state index contributed by atoms with van der Waals surface area (Å²) < 4.78 is 27.3. The molecule has 0 radical (unpaired) electrons. The standard InChI is InChI=1S/C17H20FN3OS.C2H2O4/c1-21-10-2-5-14(12-21)16-17(20-23-19-16)22-11-3-4-13-6-8-15(18)9-7-13;3-1(4)2(5)6/h5-9H,2-4,10-12H2,1H3;(H,3,4)(H,5,6). The van der Waals surface area contributed by atoms with E-state index >= 15 is 0 Å². The molecular weight excluding hydrogens is 401 g/mol. The molecule has 1 aromatic carbocycles. The summed E-state index contributed by atoms with van der Waals surface area (Å²) in [6, 6.07) is 6.61. The number of carbonyl (C=O) groups is 2. The topological polar surface area (TPSA) is 113 Å². The Morgan fingerprint density at radius 2 is 1.90 bits per heavy atom. The Hall–Kier alpha value is -2.85. The van der Waals surface area contributed by atoms with Crippen LogP contribution >= 0.6 is 11.7 Å². The Labute approximate surface area is 171 Å². The first-order chi connectivity index (χ1) is 13.9. The molecule has 3 rings (SSSR count). The molecule has 0 saturated carbocycles. The van der Waals surface area contributed by atoms with Crippen molar-refractivity contribution in [3.63, 3.8) is 0 Å². The Morgan fingerprint density at radius 1 is 1.21 bits per heavy atom. The van der Waals surface area contributed by atoms with Gasteiger partial charge in [0, 0.05) is 13.1 Å². The van der Waals surface area contributed by atoms with Crippen LogP contribution in [0.1, 0.15) is 24.1 Å². The number of halogens is 1. The Balaban J connectivity index is 0.000000438. The number of aliphatic carboxylic acids is 2. The zero-order valence-corrected chi connectivity index (χ0v) is 16.7. The summed E-state index contributed by atoms with van der Waals surface area (Å²) in [7, 11) is 2.11. The number of likely N-dealkylation sites (N-methyl/N-ethyl adjacent to an activating group) is 1. The molecule has 8 nitrogen and oxygen atoms in total. The summed E-state index contributed by atoms with van der Waals surface area (Å²) in [6.45, 7) is 2.55. The Kier molecular flexibility index (Phi) is 8.68. The lowest BCUT2D eigenvalue weighted by atomic mass is 10.1. The molecule has 0 spiro atoms. The predicted molar refractivity (Wildman–Crippen MR) is 105 cm³/mol. The van der Waals surface area contributed by atoms with Crippen LogP contribution in [0.2, 0.25) is 0 Å². The average Bonchev–Trinajstić information content (AvgIpc) is 3.15. The lowest BCUT2D eigenvalue weighted by Crippen LogP contribution is -2.25.